The van der Waals surface area contributed by atoms with E-state index >= 15 is 0 Å². The van der Waals surface area contributed by atoms with Crippen molar-refractivity contribution in [2.24, 2.45) is 0 Å². The molecule has 0 atom stereocenters. The summed E-state index contributed by atoms with van der Waals surface area (Å²) in [5.41, 5.74) is 9.64. The Labute approximate surface area is 123 Å². The number of nitrogens with two attached hydrogens (primary N) is 1. The molecule has 1 aliphatic heterocycles. The second kappa shape index (κ2) is 6.49. The van der Waals surface area contributed by atoms with Gasteiger partial charge >= 0.3 is 0 Å². The maximum absolute atomic E-state index is 5.96. The summed E-state index contributed by atoms with van der Waals surface area (Å²) in [7, 11) is 0. The molecule has 0 bridgehead atoms. The molecular formula is C17H29N3. The third kappa shape index (κ3) is 3.45. The van der Waals surface area contributed by atoms with Crippen molar-refractivity contribution in [2.45, 2.75) is 52.6 Å². The van der Waals surface area contributed by atoms with E-state index in [4.69, 9.17) is 5.73 Å². The molecule has 0 saturated heterocycles. The minimum Gasteiger partial charge on any atom is -0.399 e. The first-order valence-corrected chi connectivity index (χ1v) is 7.88. The molecule has 0 spiro atoms. The van der Waals surface area contributed by atoms with Crippen molar-refractivity contribution < 1.29 is 0 Å². The van der Waals surface area contributed by atoms with Crippen molar-refractivity contribution in [3.63, 3.8) is 0 Å². The smallest absolute Gasteiger partial charge is 0.0419 e. The first-order valence-electron chi connectivity index (χ1n) is 7.88. The summed E-state index contributed by atoms with van der Waals surface area (Å²) in [5, 5.41) is 0. The van der Waals surface area contributed by atoms with Gasteiger partial charge in [0.05, 0.1) is 0 Å². The highest BCUT2D eigenvalue weighted by Gasteiger charge is 2.19. The molecule has 2 N–H and O–H groups in total. The Bertz CT molecular complexity index is 432. The van der Waals surface area contributed by atoms with Crippen molar-refractivity contribution in [1.82, 2.24) is 4.90 Å². The molecule has 0 fully saturated rings. The summed E-state index contributed by atoms with van der Waals surface area (Å²) < 4.78 is 0. The average Bonchev–Trinajstić information content (AvgIpc) is 2.38. The molecule has 2 rings (SSSR count). The summed E-state index contributed by atoms with van der Waals surface area (Å²) >= 11 is 0. The van der Waals surface area contributed by atoms with E-state index in [1.807, 2.05) is 6.07 Å². The van der Waals surface area contributed by atoms with Gasteiger partial charge in [-0.25, -0.2) is 0 Å². The van der Waals surface area contributed by atoms with E-state index in [0.29, 0.717) is 12.1 Å². The number of rotatable bonds is 5. The Kier molecular flexibility index (Phi) is 4.92. The molecule has 1 aromatic rings. The number of hydrogen-bond donors (Lipinski definition) is 1. The highest BCUT2D eigenvalue weighted by Crippen LogP contribution is 2.29. The fraction of sp³-hybridized carbons (Fsp3) is 0.647. The third-order valence-electron chi connectivity index (χ3n) is 4.28. The van der Waals surface area contributed by atoms with Gasteiger partial charge in [0.2, 0.25) is 0 Å². The molecule has 0 aliphatic carbocycles. The molecule has 3 nitrogen and oxygen atoms in total. The zero-order valence-electron chi connectivity index (χ0n) is 13.4. The highest BCUT2D eigenvalue weighted by atomic mass is 15.2. The Hall–Kier alpha value is -1.22. The van der Waals surface area contributed by atoms with Gasteiger partial charge in [0.25, 0.3) is 0 Å². The number of nitrogen functional groups attached to an aromatic ring is 1. The Morgan fingerprint density at radius 1 is 1.20 bits per heavy atom. The molecule has 20 heavy (non-hydrogen) atoms. The van der Waals surface area contributed by atoms with Crippen LogP contribution in [0, 0.1) is 0 Å². The van der Waals surface area contributed by atoms with E-state index in [0.717, 1.165) is 25.3 Å². The van der Waals surface area contributed by atoms with Crippen LogP contribution in [-0.2, 0) is 6.42 Å². The number of hydrogen-bond acceptors (Lipinski definition) is 3. The Balaban J connectivity index is 2.06. The maximum atomic E-state index is 5.96. The van der Waals surface area contributed by atoms with E-state index < -0.39 is 0 Å². The molecule has 0 unspecified atom stereocenters. The van der Waals surface area contributed by atoms with Gasteiger partial charge in [0.1, 0.15) is 0 Å². The van der Waals surface area contributed by atoms with Gasteiger partial charge in [0.15, 0.2) is 0 Å². The molecule has 1 heterocycles. The number of anilines is 2. The van der Waals surface area contributed by atoms with Crippen LogP contribution in [0.5, 0.6) is 0 Å². The molecule has 112 valence electrons. The number of nitrogens with zero attached hydrogens (tertiary/aromatic N) is 2. The predicted octanol–water partition coefficient (Wildman–Crippen LogP) is 3.14. The molecule has 1 aromatic carbocycles. The van der Waals surface area contributed by atoms with Crippen LogP contribution in [0.3, 0.4) is 0 Å². The number of fused-ring (bicyclic) bond motifs is 1. The van der Waals surface area contributed by atoms with Gasteiger partial charge in [-0.3, -0.25) is 4.90 Å². The van der Waals surface area contributed by atoms with Gasteiger partial charge in [-0.1, -0.05) is 6.07 Å². The van der Waals surface area contributed by atoms with Crippen LogP contribution in [0.2, 0.25) is 0 Å². The van der Waals surface area contributed by atoms with Crippen molar-refractivity contribution in [1.29, 1.82) is 0 Å². The van der Waals surface area contributed by atoms with Crippen molar-refractivity contribution in [3.8, 4) is 0 Å². The lowest BCUT2D eigenvalue weighted by atomic mass is 10.0. The predicted molar refractivity (Wildman–Crippen MR) is 88.4 cm³/mol. The van der Waals surface area contributed by atoms with Crippen LogP contribution < -0.4 is 10.6 Å². The minimum atomic E-state index is 0.597. The topological polar surface area (TPSA) is 32.5 Å². The molecule has 0 saturated carbocycles. The monoisotopic (exact) mass is 275 g/mol. The number of aryl methyl sites for hydroxylation is 1. The molecular weight excluding hydrogens is 246 g/mol. The second-order valence-corrected chi connectivity index (χ2v) is 6.40. The van der Waals surface area contributed by atoms with Crippen molar-refractivity contribution in [2.75, 3.05) is 30.3 Å². The zero-order chi connectivity index (χ0) is 14.7. The van der Waals surface area contributed by atoms with Crippen LogP contribution in [0.25, 0.3) is 0 Å². The summed E-state index contributed by atoms with van der Waals surface area (Å²) in [6, 6.07) is 7.56. The number of benzene rings is 1. The van der Waals surface area contributed by atoms with Crippen LogP contribution >= 0.6 is 0 Å². The molecule has 1 aliphatic rings. The van der Waals surface area contributed by atoms with Crippen LogP contribution in [0.4, 0.5) is 11.4 Å². The van der Waals surface area contributed by atoms with Crippen LogP contribution in [0.15, 0.2) is 18.2 Å². The van der Waals surface area contributed by atoms with Crippen LogP contribution in [-0.4, -0.2) is 36.6 Å². The lowest BCUT2D eigenvalue weighted by Crippen LogP contribution is -2.43. The summed E-state index contributed by atoms with van der Waals surface area (Å²) in [5.74, 6) is 0. The first-order chi connectivity index (χ1) is 9.49. The lowest BCUT2D eigenvalue weighted by Gasteiger charge is -2.36. The molecule has 0 aromatic heterocycles. The fourth-order valence-corrected chi connectivity index (χ4v) is 3.25. The van der Waals surface area contributed by atoms with E-state index in [1.54, 1.807) is 0 Å². The van der Waals surface area contributed by atoms with E-state index in [9.17, 15) is 0 Å². The summed E-state index contributed by atoms with van der Waals surface area (Å²) in [4.78, 5) is 5.06. The first kappa shape index (κ1) is 15.2. The molecule has 0 amide bonds. The average molecular weight is 275 g/mol. The van der Waals surface area contributed by atoms with Gasteiger partial charge in [-0.05, 0) is 58.2 Å². The van der Waals surface area contributed by atoms with E-state index in [2.05, 4.69) is 49.6 Å². The van der Waals surface area contributed by atoms with Gasteiger partial charge in [0, 0.05) is 43.1 Å². The molecule has 0 radical (unpaired) electrons. The van der Waals surface area contributed by atoms with Crippen molar-refractivity contribution in [3.05, 3.63) is 23.8 Å². The maximum Gasteiger partial charge on any atom is 0.0419 e. The van der Waals surface area contributed by atoms with E-state index in [1.165, 1.54) is 24.1 Å². The third-order valence-corrected chi connectivity index (χ3v) is 4.28. The van der Waals surface area contributed by atoms with Gasteiger partial charge in [-0.2, -0.15) is 0 Å². The second-order valence-electron chi connectivity index (χ2n) is 6.40. The van der Waals surface area contributed by atoms with Gasteiger partial charge in [-0.15, -0.1) is 0 Å². The standard InChI is InChI=1S/C17H29N3/c1-13(2)20(14(3)4)11-10-19-9-5-6-15-7-8-16(18)12-17(15)19/h7-8,12-14H,5-6,9-11,18H2,1-4H3. The highest BCUT2D eigenvalue weighted by molar-refractivity contribution is 5.62. The van der Waals surface area contributed by atoms with Crippen molar-refractivity contribution >= 4 is 11.4 Å². The molecule has 3 heteroatoms. The van der Waals surface area contributed by atoms with E-state index in [-0.39, 0.29) is 0 Å². The SMILES string of the molecule is CC(C)N(CCN1CCCc2ccc(N)cc21)C(C)C. The van der Waals surface area contributed by atoms with Crippen LogP contribution in [0.1, 0.15) is 39.7 Å². The largest absolute Gasteiger partial charge is 0.399 e. The Morgan fingerprint density at radius 3 is 2.55 bits per heavy atom. The normalized spacial score (nSPS) is 15.2. The summed E-state index contributed by atoms with van der Waals surface area (Å²) in [6.45, 7) is 12.5. The zero-order valence-corrected chi connectivity index (χ0v) is 13.4. The minimum absolute atomic E-state index is 0.597. The van der Waals surface area contributed by atoms with Gasteiger partial charge < -0.3 is 10.6 Å². The summed E-state index contributed by atoms with van der Waals surface area (Å²) in [6.07, 6.45) is 2.43. The lowest BCUT2D eigenvalue weighted by molar-refractivity contribution is 0.179. The fourth-order valence-electron chi connectivity index (χ4n) is 3.25. The quantitative estimate of drug-likeness (QED) is 0.838. The Morgan fingerprint density at radius 2 is 1.90 bits per heavy atom.